The number of hydrogen-bond donors (Lipinski definition) is 2. The summed E-state index contributed by atoms with van der Waals surface area (Å²) >= 11 is 0. The number of carbonyl (C=O) groups is 1. The molecule has 4 aromatic rings. The third-order valence-electron chi connectivity index (χ3n) is 4.63. The normalized spacial score (nSPS) is 11.8. The highest BCUT2D eigenvalue weighted by Crippen LogP contribution is 2.29. The molecule has 1 aromatic heterocycles. The van der Waals surface area contributed by atoms with E-state index in [1.165, 1.54) is 0 Å². The van der Waals surface area contributed by atoms with Crippen LogP contribution in [0.4, 0.5) is 5.82 Å². The van der Waals surface area contributed by atoms with E-state index in [0.717, 1.165) is 27.8 Å². The number of aromatic amines is 1. The van der Waals surface area contributed by atoms with Crippen molar-refractivity contribution < 1.29 is 14.3 Å². The lowest BCUT2D eigenvalue weighted by molar-refractivity contribution is -0.122. The van der Waals surface area contributed by atoms with Gasteiger partial charge in [0.1, 0.15) is 11.5 Å². The summed E-state index contributed by atoms with van der Waals surface area (Å²) in [5.74, 6) is 1.65. The van der Waals surface area contributed by atoms with Crippen molar-refractivity contribution in [2.24, 2.45) is 0 Å². The Balaban J connectivity index is 1.52. The van der Waals surface area contributed by atoms with Crippen LogP contribution in [0.25, 0.3) is 22.0 Å². The van der Waals surface area contributed by atoms with E-state index in [1.54, 1.807) is 14.0 Å². The maximum Gasteiger partial charge on any atom is 0.266 e. The Bertz CT molecular complexity index is 1140. The zero-order valence-electron chi connectivity index (χ0n) is 16.2. The number of rotatable bonds is 6. The van der Waals surface area contributed by atoms with Crippen molar-refractivity contribution in [3.8, 4) is 22.6 Å². The zero-order chi connectivity index (χ0) is 20.2. The smallest absolute Gasteiger partial charge is 0.266 e. The number of methoxy groups -OCH3 is 1. The minimum atomic E-state index is -0.653. The molecule has 29 heavy (non-hydrogen) atoms. The van der Waals surface area contributed by atoms with Gasteiger partial charge in [-0.2, -0.15) is 5.10 Å². The fourth-order valence-corrected chi connectivity index (χ4v) is 3.07. The summed E-state index contributed by atoms with van der Waals surface area (Å²) in [7, 11) is 1.65. The summed E-state index contributed by atoms with van der Waals surface area (Å²) in [6.07, 6.45) is -0.653. The first kappa shape index (κ1) is 18.6. The minimum Gasteiger partial charge on any atom is -0.497 e. The predicted molar refractivity (Wildman–Crippen MR) is 113 cm³/mol. The first-order valence-corrected chi connectivity index (χ1v) is 9.29. The largest absolute Gasteiger partial charge is 0.497 e. The van der Waals surface area contributed by atoms with Crippen molar-refractivity contribution >= 4 is 22.6 Å². The van der Waals surface area contributed by atoms with Gasteiger partial charge in [0.25, 0.3) is 5.91 Å². The van der Waals surface area contributed by atoms with Gasteiger partial charge in [-0.15, -0.1) is 0 Å². The molecule has 1 atom stereocenters. The van der Waals surface area contributed by atoms with Crippen LogP contribution in [0.1, 0.15) is 6.92 Å². The molecule has 0 aliphatic rings. The van der Waals surface area contributed by atoms with Crippen molar-refractivity contribution in [3.63, 3.8) is 0 Å². The Labute approximate surface area is 168 Å². The number of nitrogens with one attached hydrogen (secondary N) is 2. The van der Waals surface area contributed by atoms with Crippen LogP contribution in [0.15, 0.2) is 72.8 Å². The minimum absolute atomic E-state index is 0.265. The maximum atomic E-state index is 12.5. The Hall–Kier alpha value is -3.80. The fraction of sp³-hybridized carbons (Fsp3) is 0.130. The second kappa shape index (κ2) is 8.06. The first-order chi connectivity index (χ1) is 14.1. The Kier molecular flexibility index (Phi) is 5.16. The van der Waals surface area contributed by atoms with Crippen molar-refractivity contribution in [2.75, 3.05) is 12.4 Å². The molecule has 0 radical (unpaired) electrons. The molecule has 2 N–H and O–H groups in total. The monoisotopic (exact) mass is 387 g/mol. The van der Waals surface area contributed by atoms with E-state index in [-0.39, 0.29) is 5.91 Å². The molecular weight excluding hydrogens is 366 g/mol. The lowest BCUT2D eigenvalue weighted by Gasteiger charge is -2.13. The SMILES string of the molecule is COc1cccc(-c2ccc3c(NC(=O)C(C)Oc4ccccc4)n[nH]c3c2)c1. The second-order valence-electron chi connectivity index (χ2n) is 6.63. The molecule has 0 spiro atoms. The van der Waals surface area contributed by atoms with E-state index < -0.39 is 6.10 Å². The number of benzene rings is 3. The lowest BCUT2D eigenvalue weighted by atomic mass is 10.0. The molecule has 0 bridgehead atoms. The molecule has 0 aliphatic heterocycles. The Morgan fingerprint density at radius 2 is 1.72 bits per heavy atom. The van der Waals surface area contributed by atoms with E-state index in [0.29, 0.717) is 11.6 Å². The molecule has 1 heterocycles. The highest BCUT2D eigenvalue weighted by molar-refractivity contribution is 6.02. The zero-order valence-corrected chi connectivity index (χ0v) is 16.2. The standard InChI is InChI=1S/C23H21N3O3/c1-15(29-18-8-4-3-5-9-18)23(27)24-22-20-12-11-17(14-21(20)25-26-22)16-7-6-10-19(13-16)28-2/h3-15H,1-2H3,(H2,24,25,26,27). The van der Waals surface area contributed by atoms with E-state index in [1.807, 2.05) is 72.8 Å². The number of H-pyrrole nitrogens is 1. The summed E-state index contributed by atoms with van der Waals surface area (Å²) in [5, 5.41) is 10.9. The fourth-order valence-electron chi connectivity index (χ4n) is 3.07. The third kappa shape index (κ3) is 4.06. The second-order valence-corrected chi connectivity index (χ2v) is 6.63. The molecule has 0 fully saturated rings. The van der Waals surface area contributed by atoms with Crippen molar-refractivity contribution in [1.82, 2.24) is 10.2 Å². The molecule has 0 saturated carbocycles. The number of para-hydroxylation sites is 1. The van der Waals surface area contributed by atoms with Crippen LogP contribution in [0.3, 0.4) is 0 Å². The molecule has 1 unspecified atom stereocenters. The number of anilines is 1. The highest BCUT2D eigenvalue weighted by Gasteiger charge is 2.17. The van der Waals surface area contributed by atoms with E-state index >= 15 is 0 Å². The number of nitrogens with zero attached hydrogens (tertiary/aromatic N) is 1. The average molecular weight is 387 g/mol. The summed E-state index contributed by atoms with van der Waals surface area (Å²) in [6, 6.07) is 23.0. The van der Waals surface area contributed by atoms with Gasteiger partial charge in [-0.25, -0.2) is 0 Å². The van der Waals surface area contributed by atoms with Gasteiger partial charge < -0.3 is 14.8 Å². The molecule has 3 aromatic carbocycles. The van der Waals surface area contributed by atoms with Gasteiger partial charge in [0.15, 0.2) is 11.9 Å². The van der Waals surface area contributed by atoms with Crippen LogP contribution < -0.4 is 14.8 Å². The van der Waals surface area contributed by atoms with Gasteiger partial charge in [-0.05, 0) is 54.4 Å². The van der Waals surface area contributed by atoms with Crippen LogP contribution in [0.5, 0.6) is 11.5 Å². The predicted octanol–water partition coefficient (Wildman–Crippen LogP) is 4.64. The summed E-state index contributed by atoms with van der Waals surface area (Å²) in [5.41, 5.74) is 2.90. The molecule has 6 heteroatoms. The van der Waals surface area contributed by atoms with Crippen molar-refractivity contribution in [1.29, 1.82) is 0 Å². The Morgan fingerprint density at radius 3 is 2.52 bits per heavy atom. The molecule has 0 aliphatic carbocycles. The van der Waals surface area contributed by atoms with Crippen molar-refractivity contribution in [3.05, 3.63) is 72.8 Å². The molecule has 146 valence electrons. The molecule has 1 amide bonds. The van der Waals surface area contributed by atoms with Crippen LogP contribution in [0.2, 0.25) is 0 Å². The number of fused-ring (bicyclic) bond motifs is 1. The highest BCUT2D eigenvalue weighted by atomic mass is 16.5. The van der Waals surface area contributed by atoms with Crippen LogP contribution in [0, 0.1) is 0 Å². The van der Waals surface area contributed by atoms with E-state index in [9.17, 15) is 4.79 Å². The van der Waals surface area contributed by atoms with E-state index in [4.69, 9.17) is 9.47 Å². The lowest BCUT2D eigenvalue weighted by Crippen LogP contribution is -2.30. The number of hydrogen-bond acceptors (Lipinski definition) is 4. The summed E-state index contributed by atoms with van der Waals surface area (Å²) < 4.78 is 11.0. The van der Waals surface area contributed by atoms with Gasteiger partial charge in [0.2, 0.25) is 0 Å². The molecule has 6 nitrogen and oxygen atoms in total. The summed E-state index contributed by atoms with van der Waals surface area (Å²) in [4.78, 5) is 12.5. The number of ether oxygens (including phenoxy) is 2. The van der Waals surface area contributed by atoms with Gasteiger partial charge >= 0.3 is 0 Å². The maximum absolute atomic E-state index is 12.5. The van der Waals surface area contributed by atoms with Crippen LogP contribution >= 0.6 is 0 Å². The van der Waals surface area contributed by atoms with Gasteiger partial charge in [-0.1, -0.05) is 36.4 Å². The average Bonchev–Trinajstić information content (AvgIpc) is 3.16. The van der Waals surface area contributed by atoms with E-state index in [2.05, 4.69) is 15.5 Å². The van der Waals surface area contributed by atoms with Crippen molar-refractivity contribution in [2.45, 2.75) is 13.0 Å². The molecule has 0 saturated heterocycles. The van der Waals surface area contributed by atoms with Gasteiger partial charge in [-0.3, -0.25) is 9.89 Å². The quantitative estimate of drug-likeness (QED) is 0.505. The first-order valence-electron chi connectivity index (χ1n) is 9.29. The third-order valence-corrected chi connectivity index (χ3v) is 4.63. The number of amides is 1. The molecule has 4 rings (SSSR count). The van der Waals surface area contributed by atoms with Gasteiger partial charge in [0, 0.05) is 5.39 Å². The number of aromatic nitrogens is 2. The van der Waals surface area contributed by atoms with Crippen LogP contribution in [-0.2, 0) is 4.79 Å². The molecular formula is C23H21N3O3. The van der Waals surface area contributed by atoms with Gasteiger partial charge in [0.05, 0.1) is 12.6 Å². The summed E-state index contributed by atoms with van der Waals surface area (Å²) in [6.45, 7) is 1.71. The number of carbonyl (C=O) groups excluding carboxylic acids is 1. The Morgan fingerprint density at radius 1 is 0.966 bits per heavy atom. The van der Waals surface area contributed by atoms with Crippen LogP contribution in [-0.4, -0.2) is 29.3 Å². The topological polar surface area (TPSA) is 76.2 Å².